The summed E-state index contributed by atoms with van der Waals surface area (Å²) in [6.07, 6.45) is 2.57. The van der Waals surface area contributed by atoms with Gasteiger partial charge < -0.3 is 4.55 Å². The van der Waals surface area contributed by atoms with Crippen molar-refractivity contribution >= 4 is 32.8 Å². The summed E-state index contributed by atoms with van der Waals surface area (Å²) >= 11 is 2.50. The molecule has 1 unspecified atom stereocenters. The number of halogens is 1. The highest BCUT2D eigenvalue weighted by atomic mass is 79.9. The van der Waals surface area contributed by atoms with Crippen LogP contribution in [-0.2, 0) is 11.4 Å². The van der Waals surface area contributed by atoms with Crippen molar-refractivity contribution in [1.29, 1.82) is 0 Å². The SMILES string of the molecule is C[C@@H](N[S+]([O-])C(C)(C)C)c1cc2cc(C3CC3)cc(Br)n2n1. The maximum absolute atomic E-state index is 12.2. The minimum atomic E-state index is -1.11. The lowest BCUT2D eigenvalue weighted by Crippen LogP contribution is -2.40. The van der Waals surface area contributed by atoms with E-state index < -0.39 is 11.4 Å². The van der Waals surface area contributed by atoms with E-state index in [1.54, 1.807) is 0 Å². The number of aromatic nitrogens is 2. The van der Waals surface area contributed by atoms with E-state index in [9.17, 15) is 4.55 Å². The summed E-state index contributed by atoms with van der Waals surface area (Å²) in [6, 6.07) is 6.39. The lowest BCUT2D eigenvalue weighted by Gasteiger charge is -2.25. The Morgan fingerprint density at radius 1 is 1.36 bits per heavy atom. The molecular formula is C16H22BrN3OS. The van der Waals surface area contributed by atoms with Crippen molar-refractivity contribution < 1.29 is 4.55 Å². The smallest absolute Gasteiger partial charge is 0.136 e. The van der Waals surface area contributed by atoms with Crippen LogP contribution >= 0.6 is 15.9 Å². The van der Waals surface area contributed by atoms with Gasteiger partial charge in [-0.15, -0.1) is 4.72 Å². The van der Waals surface area contributed by atoms with Crippen LogP contribution in [0, 0.1) is 0 Å². The zero-order chi connectivity index (χ0) is 16.1. The second-order valence-corrected chi connectivity index (χ2v) is 9.82. The molecule has 2 aromatic rings. The largest absolute Gasteiger partial charge is 0.598 e. The normalized spacial score (nSPS) is 18.6. The summed E-state index contributed by atoms with van der Waals surface area (Å²) in [6.45, 7) is 7.89. The maximum Gasteiger partial charge on any atom is 0.136 e. The molecule has 0 aliphatic heterocycles. The van der Waals surface area contributed by atoms with Crippen LogP contribution in [0.15, 0.2) is 22.8 Å². The van der Waals surface area contributed by atoms with Gasteiger partial charge >= 0.3 is 0 Å². The first-order valence-corrected chi connectivity index (χ1v) is 9.57. The third-order valence-electron chi connectivity index (χ3n) is 3.89. The van der Waals surface area contributed by atoms with Gasteiger partial charge in [-0.2, -0.15) is 5.10 Å². The molecule has 22 heavy (non-hydrogen) atoms. The predicted molar refractivity (Wildman–Crippen MR) is 94.3 cm³/mol. The Morgan fingerprint density at radius 2 is 2.05 bits per heavy atom. The zero-order valence-corrected chi connectivity index (χ0v) is 15.8. The quantitative estimate of drug-likeness (QED) is 0.638. The van der Waals surface area contributed by atoms with Gasteiger partial charge in [-0.05, 0) is 86.1 Å². The van der Waals surface area contributed by atoms with Gasteiger partial charge in [-0.1, -0.05) is 0 Å². The minimum absolute atomic E-state index is 0.0590. The number of fused-ring (bicyclic) bond motifs is 1. The van der Waals surface area contributed by atoms with Crippen LogP contribution in [0.5, 0.6) is 0 Å². The van der Waals surface area contributed by atoms with E-state index in [2.05, 4.69) is 43.9 Å². The summed E-state index contributed by atoms with van der Waals surface area (Å²) in [5, 5.41) is 4.64. The van der Waals surface area contributed by atoms with E-state index >= 15 is 0 Å². The van der Waals surface area contributed by atoms with E-state index in [0.717, 1.165) is 15.8 Å². The molecule has 0 bridgehead atoms. The average Bonchev–Trinajstić information content (AvgIpc) is 3.17. The van der Waals surface area contributed by atoms with Gasteiger partial charge in [0.1, 0.15) is 9.35 Å². The number of pyridine rings is 1. The van der Waals surface area contributed by atoms with Gasteiger partial charge in [0.05, 0.1) is 17.3 Å². The second kappa shape index (κ2) is 5.82. The Kier molecular flexibility index (Phi) is 4.31. The molecule has 120 valence electrons. The highest BCUT2D eigenvalue weighted by Crippen LogP contribution is 2.41. The fourth-order valence-corrected chi connectivity index (χ4v) is 3.71. The van der Waals surface area contributed by atoms with Gasteiger partial charge in [0.2, 0.25) is 0 Å². The van der Waals surface area contributed by atoms with Gasteiger partial charge in [0.25, 0.3) is 0 Å². The Labute approximate surface area is 143 Å². The topological polar surface area (TPSA) is 52.4 Å². The molecule has 0 amide bonds. The molecule has 1 aliphatic rings. The number of nitrogens with zero attached hydrogens (tertiary/aromatic N) is 2. The third-order valence-corrected chi connectivity index (χ3v) is 6.14. The standard InChI is InChI=1S/C16H22BrN3OS/c1-10(19-22(21)16(2,3)4)14-9-13-7-12(11-5-6-11)8-15(17)20(13)18-14/h7-11,19H,5-6H2,1-4H3/t10-,22?/m1/s1. The van der Waals surface area contributed by atoms with E-state index in [1.807, 2.05) is 32.2 Å². The summed E-state index contributed by atoms with van der Waals surface area (Å²) in [5.41, 5.74) is 3.37. The third kappa shape index (κ3) is 3.35. The van der Waals surface area contributed by atoms with Crippen LogP contribution in [0.3, 0.4) is 0 Å². The van der Waals surface area contributed by atoms with Gasteiger partial charge in [-0.3, -0.25) is 0 Å². The van der Waals surface area contributed by atoms with Crippen molar-refractivity contribution in [2.45, 2.75) is 57.2 Å². The number of hydrogen-bond acceptors (Lipinski definition) is 3. The number of nitrogens with one attached hydrogen (secondary N) is 1. The second-order valence-electron chi connectivity index (χ2n) is 7.01. The molecule has 0 spiro atoms. The Balaban J connectivity index is 1.86. The minimum Gasteiger partial charge on any atom is -0.598 e. The van der Waals surface area contributed by atoms with Crippen molar-refractivity contribution in [3.63, 3.8) is 0 Å². The molecular weight excluding hydrogens is 362 g/mol. The Morgan fingerprint density at radius 3 is 2.64 bits per heavy atom. The highest BCUT2D eigenvalue weighted by Gasteiger charge is 2.29. The lowest BCUT2D eigenvalue weighted by molar-refractivity contribution is 0.528. The van der Waals surface area contributed by atoms with Crippen molar-refractivity contribution in [2.24, 2.45) is 0 Å². The van der Waals surface area contributed by atoms with Crippen molar-refractivity contribution in [2.75, 3.05) is 0 Å². The van der Waals surface area contributed by atoms with Crippen molar-refractivity contribution in [3.05, 3.63) is 34.1 Å². The first-order chi connectivity index (χ1) is 10.3. The fourth-order valence-electron chi connectivity index (χ4n) is 2.36. The summed E-state index contributed by atoms with van der Waals surface area (Å²) in [5.74, 6) is 0.712. The van der Waals surface area contributed by atoms with Crippen LogP contribution in [0.2, 0.25) is 0 Å². The number of rotatable bonds is 4. The molecule has 1 saturated carbocycles. The van der Waals surface area contributed by atoms with Crippen molar-refractivity contribution in [1.82, 2.24) is 14.3 Å². The molecule has 2 heterocycles. The summed E-state index contributed by atoms with van der Waals surface area (Å²) < 4.78 is 18.0. The van der Waals surface area contributed by atoms with E-state index in [1.165, 1.54) is 18.4 Å². The molecule has 6 heteroatoms. The van der Waals surface area contributed by atoms with Crippen molar-refractivity contribution in [3.8, 4) is 0 Å². The predicted octanol–water partition coefficient (Wildman–Crippen LogP) is 4.09. The van der Waals surface area contributed by atoms with Crippen LogP contribution < -0.4 is 4.72 Å². The molecule has 2 atom stereocenters. The summed E-state index contributed by atoms with van der Waals surface area (Å²) in [4.78, 5) is 0. The highest BCUT2D eigenvalue weighted by molar-refractivity contribution is 9.10. The van der Waals surface area contributed by atoms with E-state index in [-0.39, 0.29) is 10.8 Å². The lowest BCUT2D eigenvalue weighted by atomic mass is 10.1. The van der Waals surface area contributed by atoms with Gasteiger partial charge in [-0.25, -0.2) is 4.52 Å². The number of hydrogen-bond donors (Lipinski definition) is 1. The first kappa shape index (κ1) is 16.3. The molecule has 0 aromatic carbocycles. The van der Waals surface area contributed by atoms with E-state index in [0.29, 0.717) is 5.92 Å². The molecule has 2 aromatic heterocycles. The Bertz CT molecular complexity index is 690. The maximum atomic E-state index is 12.2. The van der Waals surface area contributed by atoms with Gasteiger partial charge in [0.15, 0.2) is 0 Å². The van der Waals surface area contributed by atoms with Gasteiger partial charge in [0, 0.05) is 11.4 Å². The molecule has 0 radical (unpaired) electrons. The molecule has 1 N–H and O–H groups in total. The zero-order valence-electron chi connectivity index (χ0n) is 13.4. The first-order valence-electron chi connectivity index (χ1n) is 7.63. The summed E-state index contributed by atoms with van der Waals surface area (Å²) in [7, 11) is 0. The van der Waals surface area contributed by atoms with Crippen LogP contribution in [0.4, 0.5) is 0 Å². The average molecular weight is 384 g/mol. The van der Waals surface area contributed by atoms with E-state index in [4.69, 9.17) is 0 Å². The molecule has 1 fully saturated rings. The van der Waals surface area contributed by atoms with Crippen LogP contribution in [-0.4, -0.2) is 18.9 Å². The van der Waals surface area contributed by atoms with Crippen LogP contribution in [0.25, 0.3) is 5.52 Å². The Hall–Kier alpha value is -0.560. The monoisotopic (exact) mass is 383 g/mol. The molecule has 4 nitrogen and oxygen atoms in total. The molecule has 3 rings (SSSR count). The molecule has 1 aliphatic carbocycles. The van der Waals surface area contributed by atoms with Crippen LogP contribution in [0.1, 0.15) is 63.8 Å². The fraction of sp³-hybridized carbons (Fsp3) is 0.562. The molecule has 0 saturated heterocycles.